The molecule has 1 heterocycles. The van der Waals surface area contributed by atoms with Gasteiger partial charge in [-0.1, -0.05) is 29.8 Å². The molecule has 0 saturated carbocycles. The summed E-state index contributed by atoms with van der Waals surface area (Å²) < 4.78 is 2.08. The summed E-state index contributed by atoms with van der Waals surface area (Å²) in [6.07, 6.45) is 0. The zero-order chi connectivity index (χ0) is 13.4. The van der Waals surface area contributed by atoms with E-state index in [0.29, 0.717) is 11.6 Å². The molecule has 0 amide bonds. The second-order valence-corrected chi connectivity index (χ2v) is 4.92. The maximum Gasteiger partial charge on any atom is 0.128 e. The first-order valence-electron chi connectivity index (χ1n) is 6.13. The summed E-state index contributed by atoms with van der Waals surface area (Å²) in [5, 5.41) is 0.710. The van der Waals surface area contributed by atoms with Crippen molar-refractivity contribution in [2.75, 3.05) is 0 Å². The lowest BCUT2D eigenvalue weighted by atomic mass is 10.2. The van der Waals surface area contributed by atoms with E-state index in [9.17, 15) is 0 Å². The van der Waals surface area contributed by atoms with Crippen LogP contribution in [0.4, 0.5) is 0 Å². The zero-order valence-corrected chi connectivity index (χ0v) is 11.4. The van der Waals surface area contributed by atoms with Crippen LogP contribution in [0.2, 0.25) is 5.02 Å². The van der Waals surface area contributed by atoms with Crippen LogP contribution in [-0.4, -0.2) is 9.55 Å². The van der Waals surface area contributed by atoms with Gasteiger partial charge in [0, 0.05) is 5.02 Å². The number of aromatic nitrogens is 2. The first-order valence-corrected chi connectivity index (χ1v) is 6.51. The predicted molar refractivity (Wildman–Crippen MR) is 78.7 cm³/mol. The van der Waals surface area contributed by atoms with Gasteiger partial charge in [0.2, 0.25) is 0 Å². The third kappa shape index (κ3) is 2.01. The second kappa shape index (κ2) is 4.68. The van der Waals surface area contributed by atoms with Gasteiger partial charge in [-0.2, -0.15) is 0 Å². The number of nitrogens with two attached hydrogens (primary N) is 1. The van der Waals surface area contributed by atoms with Crippen LogP contribution >= 0.6 is 11.6 Å². The lowest BCUT2D eigenvalue weighted by molar-refractivity contribution is 0.878. The van der Waals surface area contributed by atoms with Crippen molar-refractivity contribution in [2.24, 2.45) is 5.73 Å². The molecule has 4 heteroatoms. The minimum atomic E-state index is 0.390. The molecule has 0 bridgehead atoms. The van der Waals surface area contributed by atoms with Gasteiger partial charge in [0.05, 0.1) is 23.3 Å². The third-order valence-corrected chi connectivity index (χ3v) is 3.46. The van der Waals surface area contributed by atoms with Crippen LogP contribution in [0.1, 0.15) is 11.4 Å². The Hall–Kier alpha value is -1.84. The van der Waals surface area contributed by atoms with Crippen molar-refractivity contribution >= 4 is 22.6 Å². The molecule has 0 radical (unpaired) electrons. The fraction of sp³-hybridized carbons (Fsp3) is 0.133. The van der Waals surface area contributed by atoms with Crippen molar-refractivity contribution in [1.29, 1.82) is 0 Å². The van der Waals surface area contributed by atoms with Crippen LogP contribution in [0, 0.1) is 6.92 Å². The first kappa shape index (κ1) is 12.2. The highest BCUT2D eigenvalue weighted by molar-refractivity contribution is 6.30. The smallest absolute Gasteiger partial charge is 0.128 e. The molecule has 1 aromatic heterocycles. The van der Waals surface area contributed by atoms with E-state index in [2.05, 4.69) is 16.5 Å². The normalized spacial score (nSPS) is 11.1. The Morgan fingerprint density at radius 2 is 2.00 bits per heavy atom. The SMILES string of the molecule is Cc1ccc(Cl)cc1-n1c(CN)nc2ccccc21. The Bertz CT molecular complexity index is 746. The number of aryl methyl sites for hydroxylation is 1. The first-order chi connectivity index (χ1) is 9.20. The molecule has 0 unspecified atom stereocenters. The molecule has 0 atom stereocenters. The van der Waals surface area contributed by atoms with Crippen molar-refractivity contribution < 1.29 is 0 Å². The molecule has 3 aromatic rings. The van der Waals surface area contributed by atoms with Crippen LogP contribution in [0.15, 0.2) is 42.5 Å². The van der Waals surface area contributed by atoms with Gasteiger partial charge in [-0.3, -0.25) is 4.57 Å². The summed E-state index contributed by atoms with van der Waals surface area (Å²) in [4.78, 5) is 4.57. The van der Waals surface area contributed by atoms with E-state index in [4.69, 9.17) is 17.3 Å². The summed E-state index contributed by atoms with van der Waals surface area (Å²) in [7, 11) is 0. The van der Waals surface area contributed by atoms with Gasteiger partial charge in [0.25, 0.3) is 0 Å². The van der Waals surface area contributed by atoms with Crippen LogP contribution in [0.3, 0.4) is 0 Å². The molecule has 96 valence electrons. The number of imidazole rings is 1. The summed E-state index contributed by atoms with van der Waals surface area (Å²) >= 11 is 6.12. The van der Waals surface area contributed by atoms with Crippen molar-refractivity contribution in [1.82, 2.24) is 9.55 Å². The number of rotatable bonds is 2. The fourth-order valence-electron chi connectivity index (χ4n) is 2.31. The average molecular weight is 272 g/mol. The maximum absolute atomic E-state index is 6.12. The van der Waals surface area contributed by atoms with Gasteiger partial charge in [0.1, 0.15) is 5.82 Å². The van der Waals surface area contributed by atoms with Gasteiger partial charge >= 0.3 is 0 Å². The Balaban J connectivity index is 2.37. The molecule has 0 fully saturated rings. The highest BCUT2D eigenvalue weighted by Crippen LogP contribution is 2.25. The second-order valence-electron chi connectivity index (χ2n) is 4.49. The number of hydrogen-bond acceptors (Lipinski definition) is 2. The molecular formula is C15H14ClN3. The molecule has 0 aliphatic heterocycles. The summed E-state index contributed by atoms with van der Waals surface area (Å²) in [5.74, 6) is 0.839. The molecule has 2 aromatic carbocycles. The van der Waals surface area contributed by atoms with Crippen molar-refractivity contribution in [3.05, 3.63) is 58.9 Å². The number of hydrogen-bond donors (Lipinski definition) is 1. The number of benzene rings is 2. The number of para-hydroxylation sites is 2. The molecule has 2 N–H and O–H groups in total. The molecular weight excluding hydrogens is 258 g/mol. The van der Waals surface area contributed by atoms with Gasteiger partial charge in [-0.05, 0) is 36.8 Å². The van der Waals surface area contributed by atoms with E-state index < -0.39 is 0 Å². The average Bonchev–Trinajstić information content (AvgIpc) is 2.80. The standard InChI is InChI=1S/C15H14ClN3/c1-10-6-7-11(16)8-14(10)19-13-5-3-2-4-12(13)18-15(19)9-17/h2-8H,9,17H2,1H3. The molecule has 0 aliphatic carbocycles. The monoisotopic (exact) mass is 271 g/mol. The fourth-order valence-corrected chi connectivity index (χ4v) is 2.47. The zero-order valence-electron chi connectivity index (χ0n) is 10.6. The van der Waals surface area contributed by atoms with Gasteiger partial charge < -0.3 is 5.73 Å². The molecule has 0 spiro atoms. The van der Waals surface area contributed by atoms with Gasteiger partial charge in [-0.15, -0.1) is 0 Å². The summed E-state index contributed by atoms with van der Waals surface area (Å²) in [5.41, 5.74) is 9.99. The third-order valence-electron chi connectivity index (χ3n) is 3.22. The Morgan fingerprint density at radius 3 is 2.79 bits per heavy atom. The van der Waals surface area contributed by atoms with E-state index in [0.717, 1.165) is 28.1 Å². The molecule has 0 saturated heterocycles. The van der Waals surface area contributed by atoms with Crippen LogP contribution in [-0.2, 0) is 6.54 Å². The van der Waals surface area contributed by atoms with Gasteiger partial charge in [0.15, 0.2) is 0 Å². The van der Waals surface area contributed by atoms with Crippen LogP contribution < -0.4 is 5.73 Å². The van der Waals surface area contributed by atoms with E-state index in [1.807, 2.05) is 42.5 Å². The van der Waals surface area contributed by atoms with E-state index in [1.165, 1.54) is 0 Å². The minimum absolute atomic E-state index is 0.390. The summed E-state index contributed by atoms with van der Waals surface area (Å²) in [6.45, 7) is 2.45. The Labute approximate surface area is 116 Å². The predicted octanol–water partition coefficient (Wildman–Crippen LogP) is 3.45. The number of halogens is 1. The van der Waals surface area contributed by atoms with Crippen LogP contribution in [0.25, 0.3) is 16.7 Å². The highest BCUT2D eigenvalue weighted by atomic mass is 35.5. The number of nitrogens with zero attached hydrogens (tertiary/aromatic N) is 2. The molecule has 3 nitrogen and oxygen atoms in total. The van der Waals surface area contributed by atoms with Gasteiger partial charge in [-0.25, -0.2) is 4.98 Å². The van der Waals surface area contributed by atoms with Crippen molar-refractivity contribution in [3.8, 4) is 5.69 Å². The summed E-state index contributed by atoms with van der Waals surface area (Å²) in [6, 6.07) is 13.9. The Morgan fingerprint density at radius 1 is 1.21 bits per heavy atom. The number of fused-ring (bicyclic) bond motifs is 1. The largest absolute Gasteiger partial charge is 0.324 e. The van der Waals surface area contributed by atoms with Crippen LogP contribution in [0.5, 0.6) is 0 Å². The quantitative estimate of drug-likeness (QED) is 0.776. The molecule has 19 heavy (non-hydrogen) atoms. The van der Waals surface area contributed by atoms with E-state index in [-0.39, 0.29) is 0 Å². The van der Waals surface area contributed by atoms with Crippen molar-refractivity contribution in [3.63, 3.8) is 0 Å². The van der Waals surface area contributed by atoms with E-state index >= 15 is 0 Å². The van der Waals surface area contributed by atoms with E-state index in [1.54, 1.807) is 0 Å². The molecule has 3 rings (SSSR count). The lowest BCUT2D eigenvalue weighted by Gasteiger charge is -2.11. The molecule has 0 aliphatic rings. The Kier molecular flexibility index (Phi) is 3.01. The minimum Gasteiger partial charge on any atom is -0.324 e. The lowest BCUT2D eigenvalue weighted by Crippen LogP contribution is -2.07. The van der Waals surface area contributed by atoms with Crippen molar-refractivity contribution in [2.45, 2.75) is 13.5 Å². The maximum atomic E-state index is 6.12. The topological polar surface area (TPSA) is 43.8 Å². The highest BCUT2D eigenvalue weighted by Gasteiger charge is 2.12.